The third-order valence-corrected chi connectivity index (χ3v) is 7.38. The number of likely N-dealkylation sites (tertiary alicyclic amines) is 2. The van der Waals surface area contributed by atoms with Crippen LogP contribution in [0.25, 0.3) is 0 Å². The van der Waals surface area contributed by atoms with E-state index >= 15 is 0 Å². The van der Waals surface area contributed by atoms with Crippen LogP contribution in [0, 0.1) is 13.8 Å². The number of pyridine rings is 1. The number of nitrogens with zero attached hydrogens (tertiary/aromatic N) is 3. The fourth-order valence-corrected chi connectivity index (χ4v) is 5.25. The molecular formula is C26H34ClN5O3. The highest BCUT2D eigenvalue weighted by Crippen LogP contribution is 2.29. The van der Waals surface area contributed by atoms with Gasteiger partial charge in [0.2, 0.25) is 11.8 Å². The Hall–Kier alpha value is -2.52. The van der Waals surface area contributed by atoms with Gasteiger partial charge in [-0.05, 0) is 69.5 Å². The summed E-state index contributed by atoms with van der Waals surface area (Å²) >= 11 is 6.15. The number of rotatable bonds is 7. The molecule has 2 saturated heterocycles. The molecule has 0 bridgehead atoms. The first kappa shape index (κ1) is 25.6. The number of nitrogens with one attached hydrogen (secondary N) is 2. The molecule has 2 aliphatic rings. The molecule has 8 nitrogen and oxygen atoms in total. The minimum atomic E-state index is -0.848. The lowest BCUT2D eigenvalue weighted by Crippen LogP contribution is -2.51. The number of piperidine rings is 1. The summed E-state index contributed by atoms with van der Waals surface area (Å²) in [5.74, 6) is 0.199. The van der Waals surface area contributed by atoms with Crippen molar-refractivity contribution in [2.24, 2.45) is 0 Å². The van der Waals surface area contributed by atoms with Crippen LogP contribution < -0.4 is 10.6 Å². The van der Waals surface area contributed by atoms with Crippen LogP contribution in [-0.2, 0) is 16.1 Å². The van der Waals surface area contributed by atoms with Crippen molar-refractivity contribution in [2.75, 3.05) is 25.5 Å². The Labute approximate surface area is 211 Å². The number of aliphatic hydroxyl groups is 1. The van der Waals surface area contributed by atoms with Crippen molar-refractivity contribution in [3.63, 3.8) is 0 Å². The van der Waals surface area contributed by atoms with Crippen LogP contribution in [0.15, 0.2) is 30.3 Å². The van der Waals surface area contributed by atoms with Crippen LogP contribution in [0.1, 0.15) is 54.3 Å². The molecule has 9 heteroatoms. The SMILES string of the molecule is CNC(O)c1cc(C)nc(NC(=O)[C@H]2CCC(=O)N2C2CCN(Cc3ccc(Cl)c(C)c3)CC2)c1. The Kier molecular flexibility index (Phi) is 8.06. The minimum absolute atomic E-state index is 0.0421. The normalized spacial score (nSPS) is 20.3. The number of carbonyl (C=O) groups excluding carboxylic acids is 2. The summed E-state index contributed by atoms with van der Waals surface area (Å²) in [5.41, 5.74) is 3.62. The van der Waals surface area contributed by atoms with Crippen LogP contribution in [0.3, 0.4) is 0 Å². The molecular weight excluding hydrogens is 466 g/mol. The Bertz CT molecular complexity index is 1090. The van der Waals surface area contributed by atoms with E-state index in [4.69, 9.17) is 11.6 Å². The van der Waals surface area contributed by atoms with E-state index in [0.29, 0.717) is 29.9 Å². The molecule has 2 atom stereocenters. The van der Waals surface area contributed by atoms with Gasteiger partial charge in [-0.1, -0.05) is 23.7 Å². The van der Waals surface area contributed by atoms with Gasteiger partial charge in [-0.15, -0.1) is 0 Å². The van der Waals surface area contributed by atoms with Crippen molar-refractivity contribution in [2.45, 2.75) is 64.4 Å². The van der Waals surface area contributed by atoms with Crippen molar-refractivity contribution in [3.05, 3.63) is 57.7 Å². The van der Waals surface area contributed by atoms with Crippen LogP contribution in [0.5, 0.6) is 0 Å². The first-order valence-corrected chi connectivity index (χ1v) is 12.6. The third-order valence-electron chi connectivity index (χ3n) is 6.95. The summed E-state index contributed by atoms with van der Waals surface area (Å²) in [7, 11) is 1.66. The second kappa shape index (κ2) is 11.0. The predicted octanol–water partition coefficient (Wildman–Crippen LogP) is 3.16. The van der Waals surface area contributed by atoms with Gasteiger partial charge in [0.15, 0.2) is 0 Å². The molecule has 0 saturated carbocycles. The van der Waals surface area contributed by atoms with Gasteiger partial charge in [0.1, 0.15) is 18.1 Å². The summed E-state index contributed by atoms with van der Waals surface area (Å²) in [6, 6.07) is 9.10. The molecule has 1 unspecified atom stereocenters. The average molecular weight is 500 g/mol. The van der Waals surface area contributed by atoms with E-state index in [1.54, 1.807) is 24.1 Å². The zero-order valence-corrected chi connectivity index (χ0v) is 21.3. The lowest BCUT2D eigenvalue weighted by molar-refractivity contribution is -0.136. The van der Waals surface area contributed by atoms with Gasteiger partial charge in [0.25, 0.3) is 0 Å². The monoisotopic (exact) mass is 499 g/mol. The van der Waals surface area contributed by atoms with E-state index in [1.807, 2.05) is 19.9 Å². The summed E-state index contributed by atoms with van der Waals surface area (Å²) in [4.78, 5) is 34.6. The number of carbonyl (C=O) groups is 2. The maximum atomic E-state index is 13.2. The number of aryl methyl sites for hydroxylation is 2. The van der Waals surface area contributed by atoms with E-state index in [1.165, 1.54) is 5.56 Å². The van der Waals surface area contributed by atoms with E-state index in [2.05, 4.69) is 32.7 Å². The second-order valence-corrected chi connectivity index (χ2v) is 9.96. The Morgan fingerprint density at radius 3 is 2.63 bits per heavy atom. The zero-order chi connectivity index (χ0) is 25.1. The fourth-order valence-electron chi connectivity index (χ4n) is 5.13. The highest BCUT2D eigenvalue weighted by Gasteiger charge is 2.41. The van der Waals surface area contributed by atoms with Gasteiger partial charge in [-0.25, -0.2) is 4.98 Å². The van der Waals surface area contributed by atoms with Gasteiger partial charge < -0.3 is 15.3 Å². The smallest absolute Gasteiger partial charge is 0.248 e. The number of benzene rings is 1. The van der Waals surface area contributed by atoms with E-state index in [0.717, 1.165) is 43.1 Å². The number of aromatic nitrogens is 1. The van der Waals surface area contributed by atoms with Gasteiger partial charge in [0.05, 0.1) is 0 Å². The first-order valence-electron chi connectivity index (χ1n) is 12.2. The average Bonchev–Trinajstić information content (AvgIpc) is 3.22. The van der Waals surface area contributed by atoms with Crippen molar-refractivity contribution >= 4 is 29.2 Å². The number of halogens is 1. The molecule has 1 aromatic heterocycles. The highest BCUT2D eigenvalue weighted by molar-refractivity contribution is 6.31. The molecule has 35 heavy (non-hydrogen) atoms. The first-order chi connectivity index (χ1) is 16.7. The molecule has 2 aromatic rings. The number of aliphatic hydroxyl groups excluding tert-OH is 1. The van der Waals surface area contributed by atoms with Crippen LogP contribution in [-0.4, -0.2) is 63.9 Å². The third kappa shape index (κ3) is 6.01. The van der Waals surface area contributed by atoms with Crippen molar-refractivity contribution < 1.29 is 14.7 Å². The maximum Gasteiger partial charge on any atom is 0.248 e. The van der Waals surface area contributed by atoms with Crippen molar-refractivity contribution in [1.82, 2.24) is 20.1 Å². The summed E-state index contributed by atoms with van der Waals surface area (Å²) in [5, 5.41) is 16.5. The van der Waals surface area contributed by atoms with Crippen LogP contribution in [0.2, 0.25) is 5.02 Å². The Morgan fingerprint density at radius 2 is 1.94 bits per heavy atom. The second-order valence-electron chi connectivity index (χ2n) is 9.55. The molecule has 2 aliphatic heterocycles. The van der Waals surface area contributed by atoms with Crippen LogP contribution >= 0.6 is 11.6 Å². The Morgan fingerprint density at radius 1 is 1.20 bits per heavy atom. The summed E-state index contributed by atoms with van der Waals surface area (Å²) in [6.45, 7) is 6.41. The van der Waals surface area contributed by atoms with E-state index in [-0.39, 0.29) is 17.9 Å². The number of hydrogen-bond donors (Lipinski definition) is 3. The van der Waals surface area contributed by atoms with Gasteiger partial charge in [0, 0.05) is 48.4 Å². The molecule has 2 fully saturated rings. The lowest BCUT2D eigenvalue weighted by Gasteiger charge is -2.39. The highest BCUT2D eigenvalue weighted by atomic mass is 35.5. The number of amides is 2. The largest absolute Gasteiger partial charge is 0.374 e. The molecule has 0 aliphatic carbocycles. The number of anilines is 1. The molecule has 4 rings (SSSR count). The predicted molar refractivity (Wildman–Crippen MR) is 136 cm³/mol. The molecule has 2 amide bonds. The molecule has 3 N–H and O–H groups in total. The quantitative estimate of drug-likeness (QED) is 0.506. The zero-order valence-electron chi connectivity index (χ0n) is 20.6. The van der Waals surface area contributed by atoms with Gasteiger partial charge >= 0.3 is 0 Å². The fraction of sp³-hybridized carbons (Fsp3) is 0.500. The Balaban J connectivity index is 1.38. The summed E-state index contributed by atoms with van der Waals surface area (Å²) in [6.07, 6.45) is 1.71. The van der Waals surface area contributed by atoms with Gasteiger partial charge in [-0.3, -0.25) is 19.8 Å². The molecule has 188 valence electrons. The standard InChI is InChI=1S/C26H34ClN5O3/c1-16-12-18(4-5-21(16)27)15-31-10-8-20(9-11-31)32-22(6-7-24(32)33)26(35)30-23-14-19(25(34)28-3)13-17(2)29-23/h4-5,12-14,20,22,25,28,34H,6-11,15H2,1-3H3,(H,29,30,35)/t22-,25?/m1/s1. The number of hydrogen-bond acceptors (Lipinski definition) is 6. The lowest BCUT2D eigenvalue weighted by atomic mass is 10.0. The van der Waals surface area contributed by atoms with Crippen molar-refractivity contribution in [3.8, 4) is 0 Å². The van der Waals surface area contributed by atoms with E-state index < -0.39 is 12.3 Å². The minimum Gasteiger partial charge on any atom is -0.374 e. The molecule has 0 radical (unpaired) electrons. The van der Waals surface area contributed by atoms with Gasteiger partial charge in [-0.2, -0.15) is 0 Å². The summed E-state index contributed by atoms with van der Waals surface area (Å²) < 4.78 is 0. The van der Waals surface area contributed by atoms with Crippen LogP contribution in [0.4, 0.5) is 5.82 Å². The van der Waals surface area contributed by atoms with Crippen molar-refractivity contribution in [1.29, 1.82) is 0 Å². The maximum absolute atomic E-state index is 13.2. The molecule has 0 spiro atoms. The topological polar surface area (TPSA) is 97.8 Å². The molecule has 3 heterocycles. The molecule has 1 aromatic carbocycles. The van der Waals surface area contributed by atoms with E-state index in [9.17, 15) is 14.7 Å².